The lowest BCUT2D eigenvalue weighted by molar-refractivity contribution is -0.142. The maximum absolute atomic E-state index is 12.4. The minimum Gasteiger partial charge on any atom is -0.496 e. The number of amides is 2. The minimum atomic E-state index is -0.554. The van der Waals surface area contributed by atoms with Crippen molar-refractivity contribution in [3.63, 3.8) is 0 Å². The highest BCUT2D eigenvalue weighted by Crippen LogP contribution is 2.55. The Morgan fingerprint density at radius 2 is 1.64 bits per heavy atom. The van der Waals surface area contributed by atoms with Crippen molar-refractivity contribution in [2.24, 2.45) is 17.8 Å². The second-order valence-electron chi connectivity index (χ2n) is 8.15. The summed E-state index contributed by atoms with van der Waals surface area (Å²) in [6, 6.07) is 7.50. The summed E-state index contributed by atoms with van der Waals surface area (Å²) in [4.78, 5) is 24.7. The highest BCUT2D eigenvalue weighted by atomic mass is 16.5. The molecule has 4 saturated carbocycles. The topological polar surface area (TPSA) is 67.4 Å². The highest BCUT2D eigenvalue weighted by Gasteiger charge is 2.51. The summed E-state index contributed by atoms with van der Waals surface area (Å²) in [5, 5.41) is 5.83. The third-order valence-electron chi connectivity index (χ3n) is 6.26. The lowest BCUT2D eigenvalue weighted by Gasteiger charge is -2.56. The number of hydrogen-bond donors (Lipinski definition) is 2. The first-order valence-corrected chi connectivity index (χ1v) is 9.29. The number of hydrogen-bond acceptors (Lipinski definition) is 3. The molecule has 4 aliphatic carbocycles. The maximum atomic E-state index is 12.4. The number of nitrogens with one attached hydrogen (secondary N) is 2. The molecule has 1 aromatic rings. The molecule has 4 aliphatic rings. The third kappa shape index (κ3) is 3.24. The van der Waals surface area contributed by atoms with E-state index in [0.29, 0.717) is 5.75 Å². The summed E-state index contributed by atoms with van der Waals surface area (Å²) in [5.41, 5.74) is 0.731. The normalized spacial score (nSPS) is 32.3. The molecule has 5 heteroatoms. The van der Waals surface area contributed by atoms with Gasteiger partial charge in [0.2, 0.25) is 0 Å². The number of carbonyl (C=O) groups excluding carboxylic acids is 2. The molecule has 5 nitrogen and oxygen atoms in total. The lowest BCUT2D eigenvalue weighted by Crippen LogP contribution is -2.61. The summed E-state index contributed by atoms with van der Waals surface area (Å²) < 4.78 is 5.28. The van der Waals surface area contributed by atoms with E-state index in [0.717, 1.165) is 42.6 Å². The third-order valence-corrected chi connectivity index (χ3v) is 6.26. The van der Waals surface area contributed by atoms with Crippen LogP contribution < -0.4 is 15.4 Å². The standard InChI is InChI=1S/C20H26N2O3/c1-25-17-5-3-2-4-16(17)12-21-18(23)19(24)22-20-9-13-6-14(10-20)8-15(7-13)11-20/h2-5,13-15H,6-12H2,1H3,(H,21,23)(H,22,24). The van der Waals surface area contributed by atoms with Crippen LogP contribution in [0.15, 0.2) is 24.3 Å². The fraction of sp³-hybridized carbons (Fsp3) is 0.600. The second kappa shape index (κ2) is 6.36. The predicted molar refractivity (Wildman–Crippen MR) is 93.9 cm³/mol. The molecule has 0 unspecified atom stereocenters. The Labute approximate surface area is 148 Å². The molecule has 0 heterocycles. The van der Waals surface area contributed by atoms with Gasteiger partial charge >= 0.3 is 11.8 Å². The molecule has 0 saturated heterocycles. The average molecular weight is 342 g/mol. The smallest absolute Gasteiger partial charge is 0.309 e. The van der Waals surface area contributed by atoms with Crippen LogP contribution in [0.25, 0.3) is 0 Å². The van der Waals surface area contributed by atoms with E-state index in [9.17, 15) is 9.59 Å². The molecule has 4 fully saturated rings. The van der Waals surface area contributed by atoms with Crippen molar-refractivity contribution in [3.05, 3.63) is 29.8 Å². The summed E-state index contributed by atoms with van der Waals surface area (Å²) >= 11 is 0. The number of para-hydroxylation sites is 1. The van der Waals surface area contributed by atoms with Crippen LogP contribution in [0.4, 0.5) is 0 Å². The van der Waals surface area contributed by atoms with E-state index in [1.165, 1.54) is 19.3 Å². The summed E-state index contributed by atoms with van der Waals surface area (Å²) in [6.07, 6.45) is 7.08. The molecule has 5 rings (SSSR count). The van der Waals surface area contributed by atoms with Gasteiger partial charge in [-0.25, -0.2) is 0 Å². The van der Waals surface area contributed by atoms with Gasteiger partial charge in [-0.2, -0.15) is 0 Å². The van der Waals surface area contributed by atoms with Gasteiger partial charge in [0.1, 0.15) is 5.75 Å². The van der Waals surface area contributed by atoms with Crippen LogP contribution in [-0.2, 0) is 16.1 Å². The Kier molecular flexibility index (Phi) is 4.18. The highest BCUT2D eigenvalue weighted by molar-refractivity contribution is 6.35. The van der Waals surface area contributed by atoms with Gasteiger partial charge in [-0.15, -0.1) is 0 Å². The maximum Gasteiger partial charge on any atom is 0.309 e. The molecule has 4 bridgehead atoms. The molecular weight excluding hydrogens is 316 g/mol. The molecule has 0 aliphatic heterocycles. The molecule has 25 heavy (non-hydrogen) atoms. The van der Waals surface area contributed by atoms with Crippen molar-refractivity contribution in [3.8, 4) is 5.75 Å². The number of rotatable bonds is 4. The molecule has 2 N–H and O–H groups in total. The SMILES string of the molecule is COc1ccccc1CNC(=O)C(=O)NC12CC3CC(CC(C3)C1)C2. The fourth-order valence-electron chi connectivity index (χ4n) is 5.67. The van der Waals surface area contributed by atoms with Crippen LogP contribution in [0.1, 0.15) is 44.1 Å². The van der Waals surface area contributed by atoms with Crippen molar-refractivity contribution in [1.82, 2.24) is 10.6 Å². The predicted octanol–water partition coefficient (Wildman–Crippen LogP) is 2.40. The monoisotopic (exact) mass is 342 g/mol. The van der Waals surface area contributed by atoms with E-state index < -0.39 is 11.8 Å². The summed E-state index contributed by atoms with van der Waals surface area (Å²) in [6.45, 7) is 0.289. The van der Waals surface area contributed by atoms with Crippen molar-refractivity contribution in [2.45, 2.75) is 50.6 Å². The zero-order chi connectivity index (χ0) is 17.4. The minimum absolute atomic E-state index is 0.131. The largest absolute Gasteiger partial charge is 0.496 e. The van der Waals surface area contributed by atoms with Gasteiger partial charge in [0.25, 0.3) is 0 Å². The zero-order valence-corrected chi connectivity index (χ0v) is 14.7. The van der Waals surface area contributed by atoms with Gasteiger partial charge in [0.05, 0.1) is 7.11 Å². The molecule has 0 spiro atoms. The molecular formula is C20H26N2O3. The Morgan fingerprint density at radius 3 is 2.24 bits per heavy atom. The molecule has 1 aromatic carbocycles. The lowest BCUT2D eigenvalue weighted by atomic mass is 9.53. The quantitative estimate of drug-likeness (QED) is 0.826. The first-order valence-electron chi connectivity index (χ1n) is 9.29. The number of methoxy groups -OCH3 is 1. The number of benzene rings is 1. The first kappa shape index (κ1) is 16.4. The Bertz CT molecular complexity index is 650. The van der Waals surface area contributed by atoms with Gasteiger partial charge in [0.15, 0.2) is 0 Å². The van der Waals surface area contributed by atoms with E-state index in [1.54, 1.807) is 7.11 Å². The Hall–Kier alpha value is -2.04. The molecule has 134 valence electrons. The Morgan fingerprint density at radius 1 is 1.04 bits per heavy atom. The van der Waals surface area contributed by atoms with Crippen molar-refractivity contribution >= 4 is 11.8 Å². The number of carbonyl (C=O) groups is 2. The molecule has 2 amide bonds. The van der Waals surface area contributed by atoms with Crippen LogP contribution in [0.5, 0.6) is 5.75 Å². The molecule has 0 atom stereocenters. The molecule has 0 aromatic heterocycles. The van der Waals surface area contributed by atoms with E-state index in [-0.39, 0.29) is 12.1 Å². The van der Waals surface area contributed by atoms with Gasteiger partial charge < -0.3 is 15.4 Å². The first-order chi connectivity index (χ1) is 12.1. The van der Waals surface area contributed by atoms with E-state index in [2.05, 4.69) is 10.6 Å². The number of ether oxygens (including phenoxy) is 1. The van der Waals surface area contributed by atoms with Gasteiger partial charge in [-0.05, 0) is 62.3 Å². The average Bonchev–Trinajstić information content (AvgIpc) is 2.58. The van der Waals surface area contributed by atoms with Gasteiger partial charge in [-0.1, -0.05) is 18.2 Å². The summed E-state index contributed by atoms with van der Waals surface area (Å²) in [5.74, 6) is 1.89. The van der Waals surface area contributed by atoms with Gasteiger partial charge in [0, 0.05) is 17.6 Å². The van der Waals surface area contributed by atoms with E-state index in [4.69, 9.17) is 4.74 Å². The Balaban J connectivity index is 1.36. The van der Waals surface area contributed by atoms with E-state index >= 15 is 0 Å². The fourth-order valence-corrected chi connectivity index (χ4v) is 5.67. The van der Waals surface area contributed by atoms with Crippen molar-refractivity contribution < 1.29 is 14.3 Å². The van der Waals surface area contributed by atoms with Gasteiger partial charge in [-0.3, -0.25) is 9.59 Å². The van der Waals surface area contributed by atoms with Crippen LogP contribution in [0.3, 0.4) is 0 Å². The second-order valence-corrected chi connectivity index (χ2v) is 8.15. The molecule has 0 radical (unpaired) electrons. The summed E-state index contributed by atoms with van der Waals surface area (Å²) in [7, 11) is 1.60. The van der Waals surface area contributed by atoms with E-state index in [1.807, 2.05) is 24.3 Å². The van der Waals surface area contributed by atoms with Crippen LogP contribution >= 0.6 is 0 Å². The van der Waals surface area contributed by atoms with Crippen LogP contribution in [0, 0.1) is 17.8 Å². The zero-order valence-electron chi connectivity index (χ0n) is 14.7. The van der Waals surface area contributed by atoms with Crippen molar-refractivity contribution in [1.29, 1.82) is 0 Å². The van der Waals surface area contributed by atoms with Crippen molar-refractivity contribution in [2.75, 3.05) is 7.11 Å². The van der Waals surface area contributed by atoms with Crippen LogP contribution in [0.2, 0.25) is 0 Å². The van der Waals surface area contributed by atoms with Crippen LogP contribution in [-0.4, -0.2) is 24.5 Å².